The van der Waals surface area contributed by atoms with Gasteiger partial charge in [-0.25, -0.2) is 4.68 Å². The summed E-state index contributed by atoms with van der Waals surface area (Å²) < 4.78 is 12.7. The quantitative estimate of drug-likeness (QED) is 0.382. The molecule has 0 amide bonds. The minimum absolute atomic E-state index is 0.645. The van der Waals surface area contributed by atoms with Crippen LogP contribution in [0.2, 0.25) is 0 Å². The summed E-state index contributed by atoms with van der Waals surface area (Å²) in [5.74, 6) is 1.31. The van der Waals surface area contributed by atoms with Gasteiger partial charge in [-0.3, -0.25) is 10.1 Å². The Kier molecular flexibility index (Phi) is 5.13. The average molecular weight is 423 g/mol. The Morgan fingerprint density at radius 1 is 0.938 bits per heavy atom. The first-order chi connectivity index (χ1) is 15.7. The molecule has 0 spiro atoms. The fourth-order valence-electron chi connectivity index (χ4n) is 3.55. The Bertz CT molecular complexity index is 1400. The highest BCUT2D eigenvalue weighted by Crippen LogP contribution is 2.33. The molecule has 32 heavy (non-hydrogen) atoms. The lowest BCUT2D eigenvalue weighted by Crippen LogP contribution is -1.95. The van der Waals surface area contributed by atoms with Gasteiger partial charge in [0.05, 0.1) is 37.3 Å². The van der Waals surface area contributed by atoms with E-state index in [4.69, 9.17) is 19.6 Å². The van der Waals surface area contributed by atoms with E-state index < -0.39 is 0 Å². The van der Waals surface area contributed by atoms with E-state index in [0.29, 0.717) is 11.5 Å². The molecule has 0 aliphatic carbocycles. The van der Waals surface area contributed by atoms with Gasteiger partial charge >= 0.3 is 0 Å². The van der Waals surface area contributed by atoms with Crippen LogP contribution in [0.5, 0.6) is 11.5 Å². The number of aliphatic imine (C=N–C) groups is 1. The number of nitrogens with zero attached hydrogens (tertiary/aromatic N) is 4. The second-order valence-corrected chi connectivity index (χ2v) is 7.18. The van der Waals surface area contributed by atoms with E-state index in [1.54, 1.807) is 20.4 Å². The fourth-order valence-corrected chi connectivity index (χ4v) is 3.55. The van der Waals surface area contributed by atoms with Crippen LogP contribution in [0.1, 0.15) is 5.56 Å². The van der Waals surface area contributed by atoms with Gasteiger partial charge < -0.3 is 9.47 Å². The molecule has 158 valence electrons. The van der Waals surface area contributed by atoms with Crippen LogP contribution in [0.3, 0.4) is 0 Å². The maximum absolute atomic E-state index is 5.49. The van der Waals surface area contributed by atoms with Crippen molar-refractivity contribution in [3.05, 3.63) is 84.7 Å². The number of rotatable bonds is 6. The molecule has 7 nitrogen and oxygen atoms in total. The number of hydrogen-bond acceptors (Lipinski definition) is 5. The van der Waals surface area contributed by atoms with Gasteiger partial charge in [-0.1, -0.05) is 18.2 Å². The van der Waals surface area contributed by atoms with Gasteiger partial charge in [0.1, 0.15) is 5.69 Å². The second-order valence-electron chi connectivity index (χ2n) is 7.18. The van der Waals surface area contributed by atoms with Gasteiger partial charge in [0.15, 0.2) is 11.5 Å². The lowest BCUT2D eigenvalue weighted by atomic mass is 10.1. The van der Waals surface area contributed by atoms with Crippen molar-refractivity contribution >= 4 is 22.8 Å². The normalized spacial score (nSPS) is 11.3. The number of ether oxygens (including phenoxy) is 2. The van der Waals surface area contributed by atoms with Crippen LogP contribution >= 0.6 is 0 Å². The van der Waals surface area contributed by atoms with Gasteiger partial charge in [-0.15, -0.1) is 0 Å². The minimum Gasteiger partial charge on any atom is -0.493 e. The van der Waals surface area contributed by atoms with Gasteiger partial charge in [-0.2, -0.15) is 10.2 Å². The monoisotopic (exact) mass is 423 g/mol. The summed E-state index contributed by atoms with van der Waals surface area (Å²) in [5.41, 5.74) is 5.31. The molecule has 0 atom stereocenters. The van der Waals surface area contributed by atoms with Crippen LogP contribution in [0.25, 0.3) is 27.8 Å². The van der Waals surface area contributed by atoms with E-state index in [-0.39, 0.29) is 0 Å². The summed E-state index contributed by atoms with van der Waals surface area (Å²) >= 11 is 0. The van der Waals surface area contributed by atoms with E-state index in [9.17, 15) is 0 Å². The first kappa shape index (κ1) is 19.6. The zero-order valence-corrected chi connectivity index (χ0v) is 17.7. The summed E-state index contributed by atoms with van der Waals surface area (Å²) in [6.45, 7) is 0. The molecular weight excluding hydrogens is 402 g/mol. The van der Waals surface area contributed by atoms with Crippen LogP contribution in [0, 0.1) is 0 Å². The molecular formula is C25H21N5O2. The number of hydrogen-bond donors (Lipinski definition) is 1. The predicted molar refractivity (Wildman–Crippen MR) is 125 cm³/mol. The zero-order valence-electron chi connectivity index (χ0n) is 17.7. The van der Waals surface area contributed by atoms with Crippen molar-refractivity contribution in [2.75, 3.05) is 14.2 Å². The number of aromatic nitrogens is 4. The number of H-pyrrole nitrogens is 1. The number of benzene rings is 3. The van der Waals surface area contributed by atoms with Crippen molar-refractivity contribution < 1.29 is 9.47 Å². The summed E-state index contributed by atoms with van der Waals surface area (Å²) in [5, 5.41) is 12.9. The fraction of sp³-hybridized carbons (Fsp3) is 0.0800. The van der Waals surface area contributed by atoms with Crippen LogP contribution in [0.15, 0.2) is 84.1 Å². The van der Waals surface area contributed by atoms with Crippen LogP contribution < -0.4 is 9.47 Å². The van der Waals surface area contributed by atoms with Gasteiger partial charge in [-0.05, 0) is 48.5 Å². The van der Waals surface area contributed by atoms with Crippen LogP contribution in [-0.4, -0.2) is 40.4 Å². The largest absolute Gasteiger partial charge is 0.493 e. The molecule has 5 rings (SSSR count). The number of nitrogens with one attached hydrogen (secondary N) is 1. The van der Waals surface area contributed by atoms with Crippen molar-refractivity contribution in [3.8, 4) is 28.4 Å². The average Bonchev–Trinajstić information content (AvgIpc) is 3.49. The van der Waals surface area contributed by atoms with Crippen LogP contribution in [-0.2, 0) is 0 Å². The van der Waals surface area contributed by atoms with Gasteiger partial charge in [0.2, 0.25) is 0 Å². The molecule has 0 saturated carbocycles. The molecule has 0 aliphatic rings. The van der Waals surface area contributed by atoms with E-state index in [0.717, 1.165) is 39.1 Å². The lowest BCUT2D eigenvalue weighted by Gasteiger charge is -2.09. The van der Waals surface area contributed by atoms with Crippen molar-refractivity contribution in [1.29, 1.82) is 0 Å². The van der Waals surface area contributed by atoms with Crippen molar-refractivity contribution in [1.82, 2.24) is 20.0 Å². The lowest BCUT2D eigenvalue weighted by molar-refractivity contribution is 0.355. The zero-order chi connectivity index (χ0) is 21.9. The number of methoxy groups -OCH3 is 2. The SMILES string of the molecule is COc1ccc(-c2nn(-c3ccccc3)cc2C=Nc2ccc3cn[nH]c3c2)cc1OC. The Hall–Kier alpha value is -4.39. The smallest absolute Gasteiger partial charge is 0.161 e. The molecule has 2 heterocycles. The Labute approximate surface area is 185 Å². The first-order valence-corrected chi connectivity index (χ1v) is 10.1. The molecule has 0 aliphatic heterocycles. The first-order valence-electron chi connectivity index (χ1n) is 10.1. The van der Waals surface area contributed by atoms with Crippen molar-refractivity contribution in [3.63, 3.8) is 0 Å². The Morgan fingerprint density at radius 2 is 1.78 bits per heavy atom. The molecule has 0 unspecified atom stereocenters. The summed E-state index contributed by atoms with van der Waals surface area (Å²) in [7, 11) is 3.24. The highest BCUT2D eigenvalue weighted by molar-refractivity contribution is 5.91. The minimum atomic E-state index is 0.645. The molecule has 5 aromatic rings. The third-order valence-electron chi connectivity index (χ3n) is 5.20. The van der Waals surface area contributed by atoms with E-state index in [1.807, 2.05) is 83.8 Å². The number of para-hydroxylation sites is 1. The number of fused-ring (bicyclic) bond motifs is 1. The Balaban J connectivity index is 1.59. The molecule has 2 aromatic heterocycles. The molecule has 0 fully saturated rings. The molecule has 0 saturated heterocycles. The predicted octanol–water partition coefficient (Wildman–Crippen LogP) is 5.18. The van der Waals surface area contributed by atoms with E-state index >= 15 is 0 Å². The molecule has 3 aromatic carbocycles. The van der Waals surface area contributed by atoms with Crippen molar-refractivity contribution in [2.24, 2.45) is 4.99 Å². The standard InChI is InChI=1S/C25H21N5O2/c1-31-23-11-9-17(12-24(23)32-2)25-19(16-30(29-25)21-6-4-3-5-7-21)14-26-20-10-8-18-15-27-28-22(18)13-20/h3-16H,1-2H3,(H,27,28). The van der Waals surface area contributed by atoms with E-state index in [1.165, 1.54) is 0 Å². The van der Waals surface area contributed by atoms with E-state index in [2.05, 4.69) is 10.2 Å². The Morgan fingerprint density at radius 3 is 2.59 bits per heavy atom. The molecule has 0 bridgehead atoms. The molecule has 1 N–H and O–H groups in total. The summed E-state index contributed by atoms with van der Waals surface area (Å²) in [4.78, 5) is 4.69. The molecule has 7 heteroatoms. The topological polar surface area (TPSA) is 77.3 Å². The maximum atomic E-state index is 5.49. The second kappa shape index (κ2) is 8.39. The highest BCUT2D eigenvalue weighted by Gasteiger charge is 2.14. The summed E-state index contributed by atoms with van der Waals surface area (Å²) in [6.07, 6.45) is 5.59. The molecule has 0 radical (unpaired) electrons. The summed E-state index contributed by atoms with van der Waals surface area (Å²) in [6, 6.07) is 21.7. The highest BCUT2D eigenvalue weighted by atomic mass is 16.5. The third kappa shape index (κ3) is 3.72. The van der Waals surface area contributed by atoms with Crippen molar-refractivity contribution in [2.45, 2.75) is 0 Å². The third-order valence-corrected chi connectivity index (χ3v) is 5.20. The number of aromatic amines is 1. The van der Waals surface area contributed by atoms with Gasteiger partial charge in [0, 0.05) is 28.9 Å². The van der Waals surface area contributed by atoms with Crippen LogP contribution in [0.4, 0.5) is 5.69 Å². The maximum Gasteiger partial charge on any atom is 0.161 e. The van der Waals surface area contributed by atoms with Gasteiger partial charge in [0.25, 0.3) is 0 Å².